The van der Waals surface area contributed by atoms with Crippen molar-refractivity contribution in [1.29, 1.82) is 0 Å². The fraction of sp³-hybridized carbons (Fsp3) is 0.294. The number of nitrogens with one attached hydrogen (secondary N) is 2. The van der Waals surface area contributed by atoms with Gasteiger partial charge in [0, 0.05) is 23.6 Å². The second-order valence-corrected chi connectivity index (χ2v) is 5.31. The van der Waals surface area contributed by atoms with Crippen LogP contribution in [0.15, 0.2) is 24.3 Å². The largest absolute Gasteiger partial charge is 0.396 e. The first kappa shape index (κ1) is 16.0. The minimum Gasteiger partial charge on any atom is -0.396 e. The molecule has 1 aromatic heterocycles. The summed E-state index contributed by atoms with van der Waals surface area (Å²) >= 11 is 0. The van der Waals surface area contributed by atoms with Crippen LogP contribution < -0.4 is 5.32 Å². The van der Waals surface area contributed by atoms with Gasteiger partial charge in [0.15, 0.2) is 5.78 Å². The van der Waals surface area contributed by atoms with Crippen molar-refractivity contribution < 1.29 is 14.7 Å². The maximum atomic E-state index is 12.3. The van der Waals surface area contributed by atoms with E-state index >= 15 is 0 Å². The molecule has 2 rings (SSSR count). The number of H-pyrrole nitrogens is 1. The molecular weight excluding hydrogens is 280 g/mol. The first-order valence-corrected chi connectivity index (χ1v) is 7.15. The van der Waals surface area contributed by atoms with E-state index in [1.165, 1.54) is 6.92 Å². The van der Waals surface area contributed by atoms with Crippen LogP contribution in [0.25, 0.3) is 0 Å². The van der Waals surface area contributed by atoms with Crippen LogP contribution in [-0.2, 0) is 6.42 Å². The van der Waals surface area contributed by atoms with Gasteiger partial charge in [0.05, 0.1) is 0 Å². The number of aromatic nitrogens is 1. The van der Waals surface area contributed by atoms with E-state index < -0.39 is 0 Å². The van der Waals surface area contributed by atoms with Crippen molar-refractivity contribution in [3.05, 3.63) is 52.3 Å². The van der Waals surface area contributed by atoms with Crippen molar-refractivity contribution in [1.82, 2.24) is 4.98 Å². The summed E-state index contributed by atoms with van der Waals surface area (Å²) in [6.07, 6.45) is 0.588. The van der Waals surface area contributed by atoms with E-state index in [0.717, 1.165) is 5.56 Å². The molecule has 1 heterocycles. The van der Waals surface area contributed by atoms with Crippen molar-refractivity contribution in [3.8, 4) is 0 Å². The number of aliphatic hydroxyl groups excluding tert-OH is 1. The van der Waals surface area contributed by atoms with Crippen molar-refractivity contribution in [2.24, 2.45) is 0 Å². The Morgan fingerprint density at radius 2 is 1.82 bits per heavy atom. The summed E-state index contributed by atoms with van der Waals surface area (Å²) in [7, 11) is 0. The van der Waals surface area contributed by atoms with Gasteiger partial charge in [0.25, 0.3) is 5.91 Å². The summed E-state index contributed by atoms with van der Waals surface area (Å²) in [5, 5.41) is 11.7. The molecule has 0 aliphatic rings. The maximum Gasteiger partial charge on any atom is 0.272 e. The lowest BCUT2D eigenvalue weighted by Crippen LogP contribution is -2.14. The molecule has 5 nitrogen and oxygen atoms in total. The number of rotatable bonds is 5. The predicted octanol–water partition coefficient (Wildman–Crippen LogP) is 2.62. The van der Waals surface area contributed by atoms with E-state index in [1.807, 2.05) is 12.1 Å². The van der Waals surface area contributed by atoms with Gasteiger partial charge < -0.3 is 15.4 Å². The minimum atomic E-state index is -0.275. The van der Waals surface area contributed by atoms with Crippen LogP contribution >= 0.6 is 0 Å². The van der Waals surface area contributed by atoms with Crippen LogP contribution in [-0.4, -0.2) is 28.4 Å². The topological polar surface area (TPSA) is 82.2 Å². The Kier molecular flexibility index (Phi) is 4.78. The number of aliphatic hydroxyl groups is 1. The summed E-state index contributed by atoms with van der Waals surface area (Å²) in [5.74, 6) is -0.332. The van der Waals surface area contributed by atoms with Gasteiger partial charge in [-0.25, -0.2) is 0 Å². The molecule has 0 fully saturated rings. The van der Waals surface area contributed by atoms with Gasteiger partial charge in [0.2, 0.25) is 0 Å². The third-order valence-electron chi connectivity index (χ3n) is 3.63. The molecule has 1 aromatic carbocycles. The fourth-order valence-electron chi connectivity index (χ4n) is 2.58. The highest BCUT2D eigenvalue weighted by Crippen LogP contribution is 2.20. The van der Waals surface area contributed by atoms with Crippen LogP contribution in [0.5, 0.6) is 0 Å². The third kappa shape index (κ3) is 3.26. The normalized spacial score (nSPS) is 10.5. The molecular formula is C17H20N2O3. The molecule has 0 spiro atoms. The number of benzene rings is 1. The molecule has 1 amide bonds. The average Bonchev–Trinajstić information content (AvgIpc) is 2.76. The zero-order valence-electron chi connectivity index (χ0n) is 13.0. The van der Waals surface area contributed by atoms with Crippen LogP contribution in [0, 0.1) is 13.8 Å². The molecule has 2 aromatic rings. The third-order valence-corrected chi connectivity index (χ3v) is 3.63. The molecule has 116 valence electrons. The highest BCUT2D eigenvalue weighted by molar-refractivity contribution is 6.07. The molecule has 0 aliphatic heterocycles. The number of hydrogen-bond acceptors (Lipinski definition) is 3. The van der Waals surface area contributed by atoms with Crippen molar-refractivity contribution in [3.63, 3.8) is 0 Å². The Labute approximate surface area is 129 Å². The van der Waals surface area contributed by atoms with E-state index in [4.69, 9.17) is 5.11 Å². The number of anilines is 1. The van der Waals surface area contributed by atoms with E-state index in [1.54, 1.807) is 26.0 Å². The first-order chi connectivity index (χ1) is 10.4. The van der Waals surface area contributed by atoms with Crippen LogP contribution in [0.4, 0.5) is 5.69 Å². The smallest absolute Gasteiger partial charge is 0.272 e. The van der Waals surface area contributed by atoms with Gasteiger partial charge in [0.1, 0.15) is 5.69 Å². The first-order valence-electron chi connectivity index (χ1n) is 7.15. The van der Waals surface area contributed by atoms with Gasteiger partial charge in [-0.15, -0.1) is 0 Å². The number of carbonyl (C=O) groups is 2. The van der Waals surface area contributed by atoms with Crippen LogP contribution in [0.3, 0.4) is 0 Å². The van der Waals surface area contributed by atoms with Gasteiger partial charge in [-0.05, 0) is 50.5 Å². The number of amides is 1. The highest BCUT2D eigenvalue weighted by atomic mass is 16.3. The Bertz CT molecular complexity index is 699. The van der Waals surface area contributed by atoms with E-state index in [0.29, 0.717) is 34.6 Å². The van der Waals surface area contributed by atoms with Crippen molar-refractivity contribution in [2.45, 2.75) is 27.2 Å². The average molecular weight is 300 g/mol. The molecule has 0 bridgehead atoms. The molecule has 0 saturated heterocycles. The molecule has 5 heteroatoms. The van der Waals surface area contributed by atoms with Crippen molar-refractivity contribution in [2.75, 3.05) is 11.9 Å². The predicted molar refractivity (Wildman–Crippen MR) is 85.5 cm³/mol. The quantitative estimate of drug-likeness (QED) is 0.742. The molecule has 0 radical (unpaired) electrons. The Balaban J connectivity index is 2.19. The number of aromatic amines is 1. The molecule has 3 N–H and O–H groups in total. The standard InChI is InChI=1S/C17H20N2O3/c1-10-15(12(3)21)11(2)18-16(10)17(22)19-14-6-4-13(5-7-14)8-9-20/h4-7,18,20H,8-9H2,1-3H3,(H,19,22). The second-order valence-electron chi connectivity index (χ2n) is 5.31. The summed E-state index contributed by atoms with van der Waals surface area (Å²) in [4.78, 5) is 26.9. The molecule has 22 heavy (non-hydrogen) atoms. The van der Waals surface area contributed by atoms with Gasteiger partial charge in [-0.3, -0.25) is 9.59 Å². The number of aryl methyl sites for hydroxylation is 1. The summed E-state index contributed by atoms with van der Waals surface area (Å²) in [6, 6.07) is 7.30. The molecule has 0 aliphatic carbocycles. The van der Waals surface area contributed by atoms with Gasteiger partial charge in [-0.1, -0.05) is 12.1 Å². The van der Waals surface area contributed by atoms with Crippen LogP contribution in [0.1, 0.15) is 44.6 Å². The minimum absolute atomic E-state index is 0.0568. The summed E-state index contributed by atoms with van der Waals surface area (Å²) in [5.41, 5.74) is 4.02. The molecule has 0 saturated carbocycles. The maximum absolute atomic E-state index is 12.3. The lowest BCUT2D eigenvalue weighted by molar-refractivity contribution is 0.101. The molecule has 0 unspecified atom stereocenters. The van der Waals surface area contributed by atoms with E-state index in [9.17, 15) is 9.59 Å². The van der Waals surface area contributed by atoms with Gasteiger partial charge >= 0.3 is 0 Å². The Hall–Kier alpha value is -2.40. The Morgan fingerprint density at radius 1 is 1.18 bits per heavy atom. The number of carbonyl (C=O) groups excluding carboxylic acids is 2. The number of Topliss-reactive ketones (excluding diaryl/α,β-unsaturated/α-hetero) is 1. The number of ketones is 1. The van der Waals surface area contributed by atoms with Gasteiger partial charge in [-0.2, -0.15) is 0 Å². The zero-order chi connectivity index (χ0) is 16.3. The lowest BCUT2D eigenvalue weighted by atomic mass is 10.1. The van der Waals surface area contributed by atoms with Crippen LogP contribution in [0.2, 0.25) is 0 Å². The highest BCUT2D eigenvalue weighted by Gasteiger charge is 2.19. The SMILES string of the molecule is CC(=O)c1c(C)[nH]c(C(=O)Nc2ccc(CCO)cc2)c1C. The summed E-state index contributed by atoms with van der Waals surface area (Å²) < 4.78 is 0. The fourth-order valence-corrected chi connectivity index (χ4v) is 2.58. The summed E-state index contributed by atoms with van der Waals surface area (Å²) in [6.45, 7) is 5.13. The number of hydrogen-bond donors (Lipinski definition) is 3. The van der Waals surface area contributed by atoms with E-state index in [2.05, 4.69) is 10.3 Å². The van der Waals surface area contributed by atoms with Crippen molar-refractivity contribution >= 4 is 17.4 Å². The van der Waals surface area contributed by atoms with E-state index in [-0.39, 0.29) is 18.3 Å². The zero-order valence-corrected chi connectivity index (χ0v) is 13.0. The Morgan fingerprint density at radius 3 is 2.32 bits per heavy atom. The lowest BCUT2D eigenvalue weighted by Gasteiger charge is -2.06. The molecule has 0 atom stereocenters. The second kappa shape index (κ2) is 6.58. The monoisotopic (exact) mass is 300 g/mol.